The second kappa shape index (κ2) is 9.58. The number of aromatic amines is 1. The summed E-state index contributed by atoms with van der Waals surface area (Å²) >= 11 is 0. The molecule has 0 saturated heterocycles. The molecule has 1 fully saturated rings. The zero-order valence-corrected chi connectivity index (χ0v) is 15.4. The number of para-hydroxylation sites is 1. The number of H-pyrrole nitrogens is 1. The lowest BCUT2D eigenvalue weighted by Crippen LogP contribution is -2.15. The summed E-state index contributed by atoms with van der Waals surface area (Å²) in [7, 11) is 0. The maximum atomic E-state index is 12.5. The first-order valence-electron chi connectivity index (χ1n) is 9.82. The molecule has 1 aliphatic rings. The summed E-state index contributed by atoms with van der Waals surface area (Å²) in [6, 6.07) is 7.70. The van der Waals surface area contributed by atoms with Crippen LogP contribution in [0.1, 0.15) is 50.5 Å². The molecule has 1 saturated carbocycles. The van der Waals surface area contributed by atoms with E-state index in [1.807, 2.05) is 24.3 Å². The number of hydrogen-bond donors (Lipinski definition) is 2. The highest BCUT2D eigenvalue weighted by Crippen LogP contribution is 2.29. The number of nitrogens with one attached hydrogen (secondary N) is 1. The van der Waals surface area contributed by atoms with Crippen LogP contribution in [0.3, 0.4) is 0 Å². The molecule has 1 aliphatic carbocycles. The molecule has 0 unspecified atom stereocenters. The van der Waals surface area contributed by atoms with E-state index in [2.05, 4.69) is 17.1 Å². The molecule has 0 atom stereocenters. The van der Waals surface area contributed by atoms with Crippen LogP contribution in [-0.2, 0) is 6.42 Å². The third-order valence-corrected chi connectivity index (χ3v) is 5.22. The second-order valence-corrected chi connectivity index (χ2v) is 7.14. The van der Waals surface area contributed by atoms with Gasteiger partial charge in [0.2, 0.25) is 0 Å². The van der Waals surface area contributed by atoms with Gasteiger partial charge in [0.15, 0.2) is 0 Å². The van der Waals surface area contributed by atoms with Crippen LogP contribution >= 0.6 is 0 Å². The van der Waals surface area contributed by atoms with Crippen molar-refractivity contribution in [2.45, 2.75) is 51.4 Å². The van der Waals surface area contributed by atoms with Crippen LogP contribution in [0.15, 0.2) is 41.2 Å². The van der Waals surface area contributed by atoms with Crippen LogP contribution in [0.2, 0.25) is 0 Å². The van der Waals surface area contributed by atoms with Crippen LogP contribution in [0, 0.1) is 5.92 Å². The minimum atomic E-state index is -0.0943. The van der Waals surface area contributed by atoms with Crippen LogP contribution in [0.5, 0.6) is 5.75 Å². The number of rotatable bonds is 9. The minimum absolute atomic E-state index is 0.0809. The molecule has 2 aromatic rings. The van der Waals surface area contributed by atoms with Crippen molar-refractivity contribution in [1.29, 1.82) is 0 Å². The number of allylic oxidation sites excluding steroid dienone is 2. The van der Waals surface area contributed by atoms with E-state index in [0.717, 1.165) is 23.2 Å². The van der Waals surface area contributed by atoms with Crippen molar-refractivity contribution < 1.29 is 9.84 Å². The average Bonchev–Trinajstić information content (AvgIpc) is 3.16. The summed E-state index contributed by atoms with van der Waals surface area (Å²) in [6.45, 7) is 0.486. The smallest absolute Gasteiger partial charge is 0.255 e. The summed E-state index contributed by atoms with van der Waals surface area (Å²) < 4.78 is 5.90. The van der Waals surface area contributed by atoms with Crippen molar-refractivity contribution >= 4 is 10.9 Å². The van der Waals surface area contributed by atoms with Gasteiger partial charge in [0.1, 0.15) is 5.75 Å². The summed E-state index contributed by atoms with van der Waals surface area (Å²) in [5.41, 5.74) is 1.35. The molecule has 26 heavy (non-hydrogen) atoms. The predicted octanol–water partition coefficient (Wildman–Crippen LogP) is 4.36. The topological polar surface area (TPSA) is 62.3 Å². The van der Waals surface area contributed by atoms with Crippen molar-refractivity contribution in [3.05, 3.63) is 52.3 Å². The quantitative estimate of drug-likeness (QED) is 0.519. The molecule has 0 bridgehead atoms. The number of pyridine rings is 1. The lowest BCUT2D eigenvalue weighted by molar-refractivity contribution is 0.234. The predicted molar refractivity (Wildman–Crippen MR) is 106 cm³/mol. The van der Waals surface area contributed by atoms with Gasteiger partial charge in [0.05, 0.1) is 17.7 Å². The van der Waals surface area contributed by atoms with Gasteiger partial charge in [-0.3, -0.25) is 4.79 Å². The van der Waals surface area contributed by atoms with Crippen LogP contribution in [-0.4, -0.2) is 23.3 Å². The number of fused-ring (bicyclic) bond motifs is 1. The van der Waals surface area contributed by atoms with Crippen molar-refractivity contribution in [3.8, 4) is 5.75 Å². The Hall–Kier alpha value is -2.07. The first kappa shape index (κ1) is 18.7. The third kappa shape index (κ3) is 4.76. The van der Waals surface area contributed by atoms with Gasteiger partial charge in [-0.15, -0.1) is 0 Å². The molecule has 0 radical (unpaired) electrons. The second-order valence-electron chi connectivity index (χ2n) is 7.14. The molecule has 3 rings (SSSR count). The Morgan fingerprint density at radius 2 is 2.00 bits per heavy atom. The summed E-state index contributed by atoms with van der Waals surface area (Å²) in [6.07, 6.45) is 13.3. The number of benzene rings is 1. The van der Waals surface area contributed by atoms with Crippen molar-refractivity contribution in [1.82, 2.24) is 4.98 Å². The van der Waals surface area contributed by atoms with E-state index < -0.39 is 0 Å². The van der Waals surface area contributed by atoms with Gasteiger partial charge < -0.3 is 14.8 Å². The van der Waals surface area contributed by atoms with E-state index in [-0.39, 0.29) is 12.2 Å². The molecule has 0 spiro atoms. The molecule has 0 aliphatic heterocycles. The van der Waals surface area contributed by atoms with E-state index in [0.29, 0.717) is 30.8 Å². The molecule has 1 heterocycles. The molecule has 4 heteroatoms. The highest BCUT2D eigenvalue weighted by molar-refractivity contribution is 5.86. The van der Waals surface area contributed by atoms with E-state index in [1.165, 1.54) is 32.1 Å². The molecule has 0 amide bonds. The zero-order valence-electron chi connectivity index (χ0n) is 15.4. The van der Waals surface area contributed by atoms with Gasteiger partial charge in [-0.2, -0.15) is 0 Å². The fraction of sp³-hybridized carbons (Fsp3) is 0.500. The van der Waals surface area contributed by atoms with E-state index in [9.17, 15) is 4.79 Å². The van der Waals surface area contributed by atoms with Gasteiger partial charge in [-0.1, -0.05) is 50.0 Å². The number of aliphatic hydroxyl groups is 1. The summed E-state index contributed by atoms with van der Waals surface area (Å²) in [5, 5.41) is 9.93. The number of hydrogen-bond acceptors (Lipinski definition) is 3. The molecule has 1 aromatic carbocycles. The SMILES string of the molecule is O=c1[nH]c2ccccc2c(OCCCO)c1C/C=C/CCC1CCCC1. The monoisotopic (exact) mass is 355 g/mol. The van der Waals surface area contributed by atoms with Crippen LogP contribution in [0.4, 0.5) is 0 Å². The molecule has 1 aromatic heterocycles. The minimum Gasteiger partial charge on any atom is -0.492 e. The number of aliphatic hydroxyl groups excluding tert-OH is 1. The Bertz CT molecular complexity index is 788. The van der Waals surface area contributed by atoms with Crippen molar-refractivity contribution in [2.24, 2.45) is 5.92 Å². The Morgan fingerprint density at radius 1 is 1.19 bits per heavy atom. The first-order valence-corrected chi connectivity index (χ1v) is 9.82. The highest BCUT2D eigenvalue weighted by atomic mass is 16.5. The van der Waals surface area contributed by atoms with Crippen molar-refractivity contribution in [2.75, 3.05) is 13.2 Å². The Morgan fingerprint density at radius 3 is 2.81 bits per heavy atom. The normalized spacial score (nSPS) is 15.3. The van der Waals surface area contributed by atoms with E-state index in [1.54, 1.807) is 0 Å². The van der Waals surface area contributed by atoms with Crippen LogP contribution < -0.4 is 10.3 Å². The molecular formula is C22H29NO3. The maximum absolute atomic E-state index is 12.5. The lowest BCUT2D eigenvalue weighted by atomic mass is 10.0. The van der Waals surface area contributed by atoms with Crippen molar-refractivity contribution in [3.63, 3.8) is 0 Å². The molecular weight excluding hydrogens is 326 g/mol. The average molecular weight is 355 g/mol. The number of ether oxygens (including phenoxy) is 1. The van der Waals surface area contributed by atoms with Gasteiger partial charge >= 0.3 is 0 Å². The first-order chi connectivity index (χ1) is 12.8. The van der Waals surface area contributed by atoms with Gasteiger partial charge in [0, 0.05) is 18.4 Å². The fourth-order valence-corrected chi connectivity index (χ4v) is 3.79. The summed E-state index contributed by atoms with van der Waals surface area (Å²) in [4.78, 5) is 15.5. The third-order valence-electron chi connectivity index (χ3n) is 5.22. The Kier molecular flexibility index (Phi) is 6.89. The van der Waals surface area contributed by atoms with Crippen LogP contribution in [0.25, 0.3) is 10.9 Å². The Balaban J connectivity index is 1.73. The number of aromatic nitrogens is 1. The largest absolute Gasteiger partial charge is 0.492 e. The summed E-state index contributed by atoms with van der Waals surface area (Å²) in [5.74, 6) is 1.54. The van der Waals surface area contributed by atoms with Gasteiger partial charge in [-0.05, 0) is 37.3 Å². The highest BCUT2D eigenvalue weighted by Gasteiger charge is 2.14. The lowest BCUT2D eigenvalue weighted by Gasteiger charge is -2.13. The van der Waals surface area contributed by atoms with Gasteiger partial charge in [0.25, 0.3) is 5.56 Å². The van der Waals surface area contributed by atoms with Gasteiger partial charge in [-0.25, -0.2) is 0 Å². The molecule has 140 valence electrons. The fourth-order valence-electron chi connectivity index (χ4n) is 3.79. The maximum Gasteiger partial charge on any atom is 0.255 e. The van der Waals surface area contributed by atoms with E-state index >= 15 is 0 Å². The zero-order chi connectivity index (χ0) is 18.2. The molecule has 2 N–H and O–H groups in total. The standard InChI is InChI=1S/C22H29NO3/c24-15-8-16-26-21-18-12-6-7-14-20(18)23-22(25)19(21)13-3-1-2-9-17-10-4-5-11-17/h1,3,6-7,12,14,17,24H,2,4-5,8-11,13,15-16H2,(H,23,25)/b3-1+. The van der Waals surface area contributed by atoms with E-state index in [4.69, 9.17) is 9.84 Å². The molecule has 4 nitrogen and oxygen atoms in total. The Labute approximate surface area is 154 Å².